The Labute approximate surface area is 161 Å². The minimum atomic E-state index is -0.260. The van der Waals surface area contributed by atoms with Crippen molar-refractivity contribution in [3.8, 4) is 16.2 Å². The number of carbonyl (C=O) groups excluding carboxylic acids is 2. The molecule has 0 atom stereocenters. The molecule has 0 fully saturated rings. The predicted octanol–water partition coefficient (Wildman–Crippen LogP) is 3.58. The fraction of sp³-hybridized carbons (Fsp3) is 0.150. The fourth-order valence-corrected chi connectivity index (χ4v) is 3.49. The summed E-state index contributed by atoms with van der Waals surface area (Å²) in [5.41, 5.74) is 1.02. The number of carbonyl (C=O) groups is 2. The zero-order valence-corrected chi connectivity index (χ0v) is 15.6. The van der Waals surface area contributed by atoms with Crippen LogP contribution >= 0.6 is 11.3 Å². The van der Waals surface area contributed by atoms with Crippen molar-refractivity contribution >= 4 is 29.0 Å². The van der Waals surface area contributed by atoms with E-state index in [1.54, 1.807) is 24.4 Å². The first kappa shape index (κ1) is 18.6. The third-order valence-corrected chi connectivity index (χ3v) is 4.92. The van der Waals surface area contributed by atoms with Crippen LogP contribution in [0.3, 0.4) is 0 Å². The van der Waals surface area contributed by atoms with Gasteiger partial charge in [-0.2, -0.15) is 0 Å². The normalized spacial score (nSPS) is 10.3. The van der Waals surface area contributed by atoms with E-state index < -0.39 is 0 Å². The van der Waals surface area contributed by atoms with Gasteiger partial charge in [-0.1, -0.05) is 36.4 Å². The number of hydrogen-bond acceptors (Lipinski definition) is 5. The molecule has 2 N–H and O–H groups in total. The van der Waals surface area contributed by atoms with Gasteiger partial charge < -0.3 is 15.4 Å². The Balaban J connectivity index is 1.58. The summed E-state index contributed by atoms with van der Waals surface area (Å²) in [7, 11) is 1.54. The van der Waals surface area contributed by atoms with Gasteiger partial charge in [0, 0.05) is 24.0 Å². The van der Waals surface area contributed by atoms with Crippen LogP contribution in [0, 0.1) is 0 Å². The Morgan fingerprint density at radius 1 is 1.11 bits per heavy atom. The fourth-order valence-electron chi connectivity index (χ4n) is 2.44. The molecule has 0 aliphatic heterocycles. The summed E-state index contributed by atoms with van der Waals surface area (Å²) >= 11 is 1.36. The molecule has 2 heterocycles. The van der Waals surface area contributed by atoms with Crippen LogP contribution in [-0.2, 0) is 4.79 Å². The van der Waals surface area contributed by atoms with E-state index in [-0.39, 0.29) is 24.8 Å². The highest BCUT2D eigenvalue weighted by atomic mass is 32.1. The Morgan fingerprint density at radius 3 is 2.59 bits per heavy atom. The van der Waals surface area contributed by atoms with E-state index >= 15 is 0 Å². The summed E-state index contributed by atoms with van der Waals surface area (Å²) in [6, 6.07) is 16.9. The average molecular weight is 381 g/mol. The number of benzene rings is 1. The van der Waals surface area contributed by atoms with Crippen molar-refractivity contribution in [2.45, 2.75) is 6.42 Å². The van der Waals surface area contributed by atoms with Crippen LogP contribution in [0.4, 0.5) is 5.82 Å². The molecule has 27 heavy (non-hydrogen) atoms. The smallest absolute Gasteiger partial charge is 0.265 e. The van der Waals surface area contributed by atoms with Gasteiger partial charge in [0.1, 0.15) is 16.4 Å². The van der Waals surface area contributed by atoms with Crippen LogP contribution in [0.15, 0.2) is 60.8 Å². The van der Waals surface area contributed by atoms with Crippen molar-refractivity contribution in [2.24, 2.45) is 0 Å². The molecular weight excluding hydrogens is 362 g/mol. The Kier molecular flexibility index (Phi) is 6.17. The highest BCUT2D eigenvalue weighted by Crippen LogP contribution is 2.36. The minimum Gasteiger partial charge on any atom is -0.495 e. The van der Waals surface area contributed by atoms with Crippen LogP contribution in [0.1, 0.15) is 16.1 Å². The third-order valence-electron chi connectivity index (χ3n) is 3.75. The molecule has 0 saturated carbocycles. The van der Waals surface area contributed by atoms with Crippen molar-refractivity contribution in [1.82, 2.24) is 10.3 Å². The molecule has 3 rings (SSSR count). The summed E-state index contributed by atoms with van der Waals surface area (Å²) < 4.78 is 5.34. The Hall–Kier alpha value is -3.19. The molecule has 0 aliphatic carbocycles. The van der Waals surface area contributed by atoms with Crippen molar-refractivity contribution in [3.05, 3.63) is 65.7 Å². The first-order chi connectivity index (χ1) is 13.2. The minimum absolute atomic E-state index is 0.154. The zero-order valence-electron chi connectivity index (χ0n) is 14.8. The molecule has 2 aromatic heterocycles. The van der Waals surface area contributed by atoms with Gasteiger partial charge in [-0.25, -0.2) is 4.98 Å². The number of nitrogens with zero attached hydrogens (tertiary/aromatic N) is 1. The van der Waals surface area contributed by atoms with Crippen LogP contribution in [0.25, 0.3) is 10.4 Å². The predicted molar refractivity (Wildman–Crippen MR) is 106 cm³/mol. The van der Waals surface area contributed by atoms with Crippen molar-refractivity contribution in [2.75, 3.05) is 19.0 Å². The van der Waals surface area contributed by atoms with E-state index in [1.165, 1.54) is 18.4 Å². The molecule has 6 nitrogen and oxygen atoms in total. The van der Waals surface area contributed by atoms with E-state index in [4.69, 9.17) is 4.74 Å². The zero-order chi connectivity index (χ0) is 19.1. The number of rotatable bonds is 7. The van der Waals surface area contributed by atoms with Gasteiger partial charge in [0.25, 0.3) is 5.91 Å². The van der Waals surface area contributed by atoms with E-state index in [0.29, 0.717) is 16.4 Å². The van der Waals surface area contributed by atoms with Crippen LogP contribution in [0.2, 0.25) is 0 Å². The molecule has 7 heteroatoms. The molecule has 0 spiro atoms. The average Bonchev–Trinajstić information content (AvgIpc) is 3.14. The maximum atomic E-state index is 12.5. The summed E-state index contributed by atoms with van der Waals surface area (Å²) in [6.45, 7) is 0.221. The molecule has 2 amide bonds. The number of hydrogen-bond donors (Lipinski definition) is 2. The maximum absolute atomic E-state index is 12.5. The summed E-state index contributed by atoms with van der Waals surface area (Å²) in [6.07, 6.45) is 1.76. The van der Waals surface area contributed by atoms with E-state index in [9.17, 15) is 9.59 Å². The van der Waals surface area contributed by atoms with Crippen LogP contribution in [-0.4, -0.2) is 30.5 Å². The third kappa shape index (κ3) is 4.92. The second-order valence-electron chi connectivity index (χ2n) is 5.64. The first-order valence-electron chi connectivity index (χ1n) is 8.39. The van der Waals surface area contributed by atoms with Crippen LogP contribution < -0.4 is 15.4 Å². The SMILES string of the molecule is COc1cc(-c2ccccc2)sc1C(=O)NCCC(=O)Nc1ccccn1. The summed E-state index contributed by atoms with van der Waals surface area (Å²) in [5, 5.41) is 5.45. The Morgan fingerprint density at radius 2 is 1.89 bits per heavy atom. The molecule has 0 saturated heterocycles. The van der Waals surface area contributed by atoms with Gasteiger partial charge in [0.15, 0.2) is 0 Å². The lowest BCUT2D eigenvalue weighted by Gasteiger charge is -2.06. The van der Waals surface area contributed by atoms with Gasteiger partial charge in [-0.3, -0.25) is 9.59 Å². The molecule has 0 aliphatic rings. The molecular formula is C20H19N3O3S. The van der Waals surface area contributed by atoms with Gasteiger partial charge >= 0.3 is 0 Å². The van der Waals surface area contributed by atoms with Gasteiger partial charge in [0.2, 0.25) is 5.91 Å². The lowest BCUT2D eigenvalue weighted by Crippen LogP contribution is -2.27. The maximum Gasteiger partial charge on any atom is 0.265 e. The molecule has 0 bridgehead atoms. The molecule has 1 aromatic carbocycles. The number of ether oxygens (including phenoxy) is 1. The Bertz CT molecular complexity index is 911. The van der Waals surface area contributed by atoms with Crippen LogP contribution in [0.5, 0.6) is 5.75 Å². The highest BCUT2D eigenvalue weighted by molar-refractivity contribution is 7.17. The lowest BCUT2D eigenvalue weighted by molar-refractivity contribution is -0.116. The number of anilines is 1. The van der Waals surface area contributed by atoms with Crippen molar-refractivity contribution < 1.29 is 14.3 Å². The summed E-state index contributed by atoms with van der Waals surface area (Å²) in [4.78, 5) is 29.9. The van der Waals surface area contributed by atoms with E-state index in [1.807, 2.05) is 36.4 Å². The second-order valence-corrected chi connectivity index (χ2v) is 6.70. The lowest BCUT2D eigenvalue weighted by atomic mass is 10.2. The van der Waals surface area contributed by atoms with Gasteiger partial charge in [-0.05, 0) is 23.8 Å². The topological polar surface area (TPSA) is 80.3 Å². The molecule has 0 unspecified atom stereocenters. The summed E-state index contributed by atoms with van der Waals surface area (Å²) in [5.74, 6) is 0.539. The quantitative estimate of drug-likeness (QED) is 0.656. The van der Waals surface area contributed by atoms with E-state index in [2.05, 4.69) is 15.6 Å². The van der Waals surface area contributed by atoms with Gasteiger partial charge in [-0.15, -0.1) is 11.3 Å². The number of thiophene rings is 1. The number of methoxy groups -OCH3 is 1. The number of aromatic nitrogens is 1. The van der Waals surface area contributed by atoms with E-state index in [0.717, 1.165) is 10.4 Å². The largest absolute Gasteiger partial charge is 0.495 e. The number of pyridine rings is 1. The van der Waals surface area contributed by atoms with Crippen molar-refractivity contribution in [1.29, 1.82) is 0 Å². The molecule has 138 valence electrons. The monoisotopic (exact) mass is 381 g/mol. The molecule has 0 radical (unpaired) electrons. The van der Waals surface area contributed by atoms with Crippen molar-refractivity contribution in [3.63, 3.8) is 0 Å². The number of amides is 2. The molecule has 3 aromatic rings. The standard InChI is InChI=1S/C20H19N3O3S/c1-26-15-13-16(14-7-3-2-4-8-14)27-19(15)20(25)22-12-10-18(24)23-17-9-5-6-11-21-17/h2-9,11,13H,10,12H2,1H3,(H,22,25)(H,21,23,24). The van der Waals surface area contributed by atoms with Gasteiger partial charge in [0.05, 0.1) is 7.11 Å². The number of nitrogens with one attached hydrogen (secondary N) is 2. The first-order valence-corrected chi connectivity index (χ1v) is 9.21. The highest BCUT2D eigenvalue weighted by Gasteiger charge is 2.18. The second kappa shape index (κ2) is 8.95.